The van der Waals surface area contributed by atoms with E-state index >= 15 is 0 Å². The molecule has 0 aliphatic heterocycles. The molecule has 0 saturated carbocycles. The van der Waals surface area contributed by atoms with Crippen LogP contribution in [-0.2, 0) is 0 Å². The molecule has 0 atom stereocenters. The van der Waals surface area contributed by atoms with Crippen molar-refractivity contribution in [3.63, 3.8) is 0 Å². The average Bonchev–Trinajstić information content (AvgIpc) is 2.44. The molecule has 19 heavy (non-hydrogen) atoms. The molecule has 2 aromatic rings. The van der Waals surface area contributed by atoms with Gasteiger partial charge in [-0.2, -0.15) is 0 Å². The van der Waals surface area contributed by atoms with Crippen molar-refractivity contribution in [2.45, 2.75) is 13.8 Å². The number of nitrogens with zero attached hydrogens (tertiary/aromatic N) is 1. The number of pyridine rings is 1. The lowest BCUT2D eigenvalue weighted by atomic mass is 10.2. The molecule has 0 aliphatic rings. The maximum atomic E-state index is 11.9. The first-order chi connectivity index (χ1) is 9.24. The number of aromatic nitrogens is 1. The molecule has 4 heteroatoms. The van der Waals surface area contributed by atoms with Crippen LogP contribution in [0.15, 0.2) is 35.1 Å². The SMILES string of the molecule is CCN(CC)CCNc1cc(=O)c2ccccc2[nH]1. The molecular formula is C15H21N3O. The van der Waals surface area contributed by atoms with Gasteiger partial charge in [-0.3, -0.25) is 4.79 Å². The minimum absolute atomic E-state index is 0.0553. The van der Waals surface area contributed by atoms with Crippen LogP contribution in [0.25, 0.3) is 10.9 Å². The van der Waals surface area contributed by atoms with Gasteiger partial charge >= 0.3 is 0 Å². The lowest BCUT2D eigenvalue weighted by molar-refractivity contribution is 0.316. The minimum Gasteiger partial charge on any atom is -0.370 e. The van der Waals surface area contributed by atoms with Crippen LogP contribution in [0.1, 0.15) is 13.8 Å². The number of fused-ring (bicyclic) bond motifs is 1. The summed E-state index contributed by atoms with van der Waals surface area (Å²) in [5.74, 6) is 0.788. The van der Waals surface area contributed by atoms with E-state index in [1.165, 1.54) is 0 Å². The first-order valence-corrected chi connectivity index (χ1v) is 6.83. The summed E-state index contributed by atoms with van der Waals surface area (Å²) < 4.78 is 0. The Morgan fingerprint density at radius 1 is 1.21 bits per heavy atom. The van der Waals surface area contributed by atoms with Crippen LogP contribution < -0.4 is 10.7 Å². The zero-order valence-electron chi connectivity index (χ0n) is 11.6. The van der Waals surface area contributed by atoms with Crippen molar-refractivity contribution in [3.05, 3.63) is 40.6 Å². The van der Waals surface area contributed by atoms with Gasteiger partial charge in [0.15, 0.2) is 5.43 Å². The van der Waals surface area contributed by atoms with Crippen LogP contribution in [0.2, 0.25) is 0 Å². The van der Waals surface area contributed by atoms with Crippen LogP contribution in [-0.4, -0.2) is 36.1 Å². The molecule has 2 N–H and O–H groups in total. The van der Waals surface area contributed by atoms with Crippen molar-refractivity contribution in [2.75, 3.05) is 31.5 Å². The normalized spacial score (nSPS) is 11.1. The topological polar surface area (TPSA) is 48.1 Å². The molecule has 0 bridgehead atoms. The fourth-order valence-corrected chi connectivity index (χ4v) is 2.18. The Hall–Kier alpha value is -1.81. The summed E-state index contributed by atoms with van der Waals surface area (Å²) in [5.41, 5.74) is 0.931. The van der Waals surface area contributed by atoms with Crippen molar-refractivity contribution < 1.29 is 0 Å². The van der Waals surface area contributed by atoms with Gasteiger partial charge in [0.25, 0.3) is 0 Å². The molecule has 4 nitrogen and oxygen atoms in total. The van der Waals surface area contributed by atoms with E-state index in [4.69, 9.17) is 0 Å². The zero-order valence-corrected chi connectivity index (χ0v) is 11.6. The minimum atomic E-state index is 0.0553. The molecule has 1 heterocycles. The number of aromatic amines is 1. The lowest BCUT2D eigenvalue weighted by Crippen LogP contribution is -2.28. The third-order valence-corrected chi connectivity index (χ3v) is 3.38. The van der Waals surface area contributed by atoms with E-state index in [0.717, 1.165) is 42.9 Å². The second-order valence-corrected chi connectivity index (χ2v) is 4.55. The molecule has 102 valence electrons. The number of H-pyrrole nitrogens is 1. The highest BCUT2D eigenvalue weighted by molar-refractivity contribution is 5.79. The Morgan fingerprint density at radius 3 is 2.68 bits per heavy atom. The van der Waals surface area contributed by atoms with Crippen molar-refractivity contribution in [3.8, 4) is 0 Å². The van der Waals surface area contributed by atoms with Crippen molar-refractivity contribution in [2.24, 2.45) is 0 Å². The first kappa shape index (κ1) is 13.6. The number of anilines is 1. The standard InChI is InChI=1S/C15H21N3O/c1-3-18(4-2)10-9-16-15-11-14(19)12-7-5-6-8-13(12)17-15/h5-8,11H,3-4,9-10H2,1-2H3,(H2,16,17,19). The number of para-hydroxylation sites is 1. The monoisotopic (exact) mass is 259 g/mol. The molecule has 0 saturated heterocycles. The van der Waals surface area contributed by atoms with E-state index in [9.17, 15) is 4.79 Å². The third-order valence-electron chi connectivity index (χ3n) is 3.38. The van der Waals surface area contributed by atoms with Gasteiger partial charge in [0.1, 0.15) is 5.82 Å². The van der Waals surface area contributed by atoms with Crippen LogP contribution in [0.3, 0.4) is 0 Å². The van der Waals surface area contributed by atoms with Crippen LogP contribution in [0.5, 0.6) is 0 Å². The molecule has 0 unspecified atom stereocenters. The van der Waals surface area contributed by atoms with E-state index in [1.54, 1.807) is 6.07 Å². The summed E-state index contributed by atoms with van der Waals surface area (Å²) >= 11 is 0. The van der Waals surface area contributed by atoms with Gasteiger partial charge in [0.2, 0.25) is 0 Å². The molecule has 0 aliphatic carbocycles. The highest BCUT2D eigenvalue weighted by atomic mass is 16.1. The van der Waals surface area contributed by atoms with Crippen LogP contribution in [0.4, 0.5) is 5.82 Å². The summed E-state index contributed by atoms with van der Waals surface area (Å²) in [5, 5.41) is 4.01. The number of likely N-dealkylation sites (N-methyl/N-ethyl adjacent to an activating group) is 1. The van der Waals surface area contributed by atoms with Gasteiger partial charge in [-0.25, -0.2) is 0 Å². The van der Waals surface area contributed by atoms with E-state index in [2.05, 4.69) is 29.0 Å². The fourth-order valence-electron chi connectivity index (χ4n) is 2.18. The summed E-state index contributed by atoms with van der Waals surface area (Å²) in [6.45, 7) is 8.21. The van der Waals surface area contributed by atoms with Gasteiger partial charge in [0.05, 0.1) is 5.52 Å². The van der Waals surface area contributed by atoms with E-state index in [1.807, 2.05) is 24.3 Å². The summed E-state index contributed by atoms with van der Waals surface area (Å²) in [4.78, 5) is 17.5. The molecule has 2 rings (SSSR count). The van der Waals surface area contributed by atoms with Gasteiger partial charge in [-0.15, -0.1) is 0 Å². The second kappa shape index (κ2) is 6.38. The maximum absolute atomic E-state index is 11.9. The largest absolute Gasteiger partial charge is 0.370 e. The molecule has 0 fully saturated rings. The fraction of sp³-hybridized carbons (Fsp3) is 0.400. The van der Waals surface area contributed by atoms with E-state index in [0.29, 0.717) is 0 Å². The first-order valence-electron chi connectivity index (χ1n) is 6.83. The predicted molar refractivity (Wildman–Crippen MR) is 80.8 cm³/mol. The van der Waals surface area contributed by atoms with Crippen LogP contribution in [0, 0.1) is 0 Å². The number of hydrogen-bond donors (Lipinski definition) is 2. The third kappa shape index (κ3) is 3.35. The Morgan fingerprint density at radius 2 is 1.95 bits per heavy atom. The van der Waals surface area contributed by atoms with Crippen molar-refractivity contribution in [1.29, 1.82) is 0 Å². The Bertz CT molecular complexity index is 587. The van der Waals surface area contributed by atoms with Crippen molar-refractivity contribution in [1.82, 2.24) is 9.88 Å². The molecule has 1 aromatic heterocycles. The lowest BCUT2D eigenvalue weighted by Gasteiger charge is -2.18. The quantitative estimate of drug-likeness (QED) is 0.836. The average molecular weight is 259 g/mol. The highest BCUT2D eigenvalue weighted by Crippen LogP contribution is 2.09. The molecule has 0 amide bonds. The molecule has 1 aromatic carbocycles. The van der Waals surface area contributed by atoms with E-state index in [-0.39, 0.29) is 5.43 Å². The Labute approximate surface area is 113 Å². The smallest absolute Gasteiger partial charge is 0.191 e. The van der Waals surface area contributed by atoms with Gasteiger partial charge in [0, 0.05) is 24.5 Å². The number of benzene rings is 1. The highest BCUT2D eigenvalue weighted by Gasteiger charge is 2.02. The van der Waals surface area contributed by atoms with Crippen molar-refractivity contribution >= 4 is 16.7 Å². The van der Waals surface area contributed by atoms with Gasteiger partial charge < -0.3 is 15.2 Å². The number of hydrogen-bond acceptors (Lipinski definition) is 3. The summed E-state index contributed by atoms with van der Waals surface area (Å²) in [6.07, 6.45) is 0. The van der Waals surface area contributed by atoms with Crippen LogP contribution >= 0.6 is 0 Å². The zero-order chi connectivity index (χ0) is 13.7. The molecule has 0 radical (unpaired) electrons. The number of nitrogens with one attached hydrogen (secondary N) is 2. The number of rotatable bonds is 6. The molecule has 0 spiro atoms. The van der Waals surface area contributed by atoms with Gasteiger partial charge in [-0.1, -0.05) is 26.0 Å². The summed E-state index contributed by atoms with van der Waals surface area (Å²) in [7, 11) is 0. The Kier molecular flexibility index (Phi) is 4.58. The Balaban J connectivity index is 2.07. The maximum Gasteiger partial charge on any atom is 0.191 e. The summed E-state index contributed by atoms with van der Waals surface area (Å²) in [6, 6.07) is 9.20. The molecular weight excluding hydrogens is 238 g/mol. The predicted octanol–water partition coefficient (Wildman–Crippen LogP) is 2.28. The second-order valence-electron chi connectivity index (χ2n) is 4.55. The van der Waals surface area contributed by atoms with E-state index < -0.39 is 0 Å². The van der Waals surface area contributed by atoms with Gasteiger partial charge in [-0.05, 0) is 25.2 Å².